The minimum atomic E-state index is 0.487. The molecule has 2 heterocycles. The van der Waals surface area contributed by atoms with E-state index in [-0.39, 0.29) is 0 Å². The maximum absolute atomic E-state index is 6.06. The number of para-hydroxylation sites is 2. The number of nitrogens with two attached hydrogens (primary N) is 1. The van der Waals surface area contributed by atoms with Crippen LogP contribution in [0.5, 0.6) is 0 Å². The molecule has 4 rings (SSSR count). The van der Waals surface area contributed by atoms with Gasteiger partial charge in [-0.05, 0) is 47.5 Å². The zero-order chi connectivity index (χ0) is 18.1. The number of nitrogens with zero attached hydrogens (tertiary/aromatic N) is 6. The molecule has 0 atom stereocenters. The van der Waals surface area contributed by atoms with Gasteiger partial charge in [0, 0.05) is 5.39 Å². The van der Waals surface area contributed by atoms with Crippen molar-refractivity contribution in [3.8, 4) is 5.69 Å². The number of aryl methyl sites for hydroxylation is 2. The van der Waals surface area contributed by atoms with Crippen LogP contribution in [0.2, 0.25) is 0 Å². The molecule has 0 aliphatic carbocycles. The van der Waals surface area contributed by atoms with Gasteiger partial charge in [-0.25, -0.2) is 9.97 Å². The number of aromatic nitrogens is 6. The first-order chi connectivity index (χ1) is 12.6. The monoisotopic (exact) mass is 363 g/mol. The Labute approximate surface area is 154 Å². The molecule has 0 bridgehead atoms. The summed E-state index contributed by atoms with van der Waals surface area (Å²) in [5.41, 5.74) is 10.1. The predicted molar refractivity (Wildman–Crippen MR) is 102 cm³/mol. The van der Waals surface area contributed by atoms with Gasteiger partial charge in [0.15, 0.2) is 0 Å². The molecule has 0 amide bonds. The normalized spacial score (nSPS) is 11.2. The predicted octanol–water partition coefficient (Wildman–Crippen LogP) is 3.10. The second kappa shape index (κ2) is 6.72. The summed E-state index contributed by atoms with van der Waals surface area (Å²) in [5, 5.41) is 13.7. The third-order valence-corrected chi connectivity index (χ3v) is 5.02. The largest absolute Gasteiger partial charge is 0.383 e. The highest BCUT2D eigenvalue weighted by Crippen LogP contribution is 2.26. The lowest BCUT2D eigenvalue weighted by Gasteiger charge is -2.10. The fourth-order valence-electron chi connectivity index (χ4n) is 2.89. The number of hydrogen-bond donors (Lipinski definition) is 1. The van der Waals surface area contributed by atoms with Crippen LogP contribution in [0.15, 0.2) is 47.6 Å². The number of thioether (sulfide) groups is 1. The van der Waals surface area contributed by atoms with E-state index >= 15 is 0 Å². The molecule has 0 saturated heterocycles. The summed E-state index contributed by atoms with van der Waals surface area (Å²) in [6, 6.07) is 13.8. The molecule has 2 aromatic carbocycles. The number of tetrazole rings is 1. The van der Waals surface area contributed by atoms with Crippen LogP contribution in [0, 0.1) is 13.8 Å². The van der Waals surface area contributed by atoms with Crippen molar-refractivity contribution in [3.63, 3.8) is 0 Å². The van der Waals surface area contributed by atoms with Crippen LogP contribution in [-0.2, 0) is 5.75 Å². The molecule has 0 saturated carbocycles. The van der Waals surface area contributed by atoms with E-state index in [4.69, 9.17) is 5.73 Å². The van der Waals surface area contributed by atoms with E-state index in [0.717, 1.165) is 27.7 Å². The van der Waals surface area contributed by atoms with Crippen LogP contribution in [-0.4, -0.2) is 30.2 Å². The van der Waals surface area contributed by atoms with E-state index in [1.165, 1.54) is 11.8 Å². The van der Waals surface area contributed by atoms with Gasteiger partial charge < -0.3 is 5.73 Å². The van der Waals surface area contributed by atoms with E-state index < -0.39 is 0 Å². The molecule has 7 nitrogen and oxygen atoms in total. The topological polar surface area (TPSA) is 95.4 Å². The molecule has 0 fully saturated rings. The molecular formula is C18H17N7S. The summed E-state index contributed by atoms with van der Waals surface area (Å²) in [6.45, 7) is 4.09. The smallest absolute Gasteiger partial charge is 0.214 e. The summed E-state index contributed by atoms with van der Waals surface area (Å²) in [7, 11) is 0. The molecule has 0 spiro atoms. The first-order valence-electron chi connectivity index (χ1n) is 8.12. The second-order valence-corrected chi connectivity index (χ2v) is 6.89. The van der Waals surface area contributed by atoms with Gasteiger partial charge in [0.2, 0.25) is 5.16 Å². The van der Waals surface area contributed by atoms with Crippen LogP contribution in [0.3, 0.4) is 0 Å². The highest BCUT2D eigenvalue weighted by Gasteiger charge is 2.14. The summed E-state index contributed by atoms with van der Waals surface area (Å²) in [4.78, 5) is 8.99. The maximum Gasteiger partial charge on any atom is 0.214 e. The highest BCUT2D eigenvalue weighted by molar-refractivity contribution is 7.98. The highest BCUT2D eigenvalue weighted by atomic mass is 32.2. The van der Waals surface area contributed by atoms with Crippen molar-refractivity contribution in [2.45, 2.75) is 24.8 Å². The molecule has 2 N–H and O–H groups in total. The van der Waals surface area contributed by atoms with Crippen molar-refractivity contribution in [3.05, 3.63) is 59.4 Å². The van der Waals surface area contributed by atoms with Crippen molar-refractivity contribution in [2.24, 2.45) is 0 Å². The number of rotatable bonds is 4. The minimum absolute atomic E-state index is 0.487. The lowest BCUT2D eigenvalue weighted by molar-refractivity contribution is 0.747. The summed E-state index contributed by atoms with van der Waals surface area (Å²) in [5.74, 6) is 1.67. The molecule has 4 aromatic rings. The fraction of sp³-hybridized carbons (Fsp3) is 0.167. The third-order valence-electron chi connectivity index (χ3n) is 4.10. The summed E-state index contributed by atoms with van der Waals surface area (Å²) >= 11 is 1.48. The Balaban J connectivity index is 1.63. The number of hydrogen-bond acceptors (Lipinski definition) is 7. The van der Waals surface area contributed by atoms with Crippen molar-refractivity contribution >= 4 is 28.5 Å². The Hall–Kier alpha value is -3.00. The molecule has 0 aliphatic rings. The van der Waals surface area contributed by atoms with Crippen LogP contribution in [0.4, 0.5) is 5.82 Å². The van der Waals surface area contributed by atoms with Crippen molar-refractivity contribution < 1.29 is 0 Å². The average Bonchev–Trinajstić information content (AvgIpc) is 3.08. The Bertz CT molecular complexity index is 1070. The number of fused-ring (bicyclic) bond motifs is 1. The standard InChI is InChI=1S/C18H17N7S/c1-11-6-5-7-12(2)16(11)25-18(22-23-24-25)26-10-15-20-14-9-4-3-8-13(14)17(19)21-15/h3-9H,10H2,1-2H3,(H2,19,20,21). The molecule has 26 heavy (non-hydrogen) atoms. The van der Waals surface area contributed by atoms with Crippen LogP contribution < -0.4 is 5.73 Å². The molecule has 0 radical (unpaired) electrons. The zero-order valence-electron chi connectivity index (χ0n) is 14.4. The number of benzene rings is 2. The second-order valence-electron chi connectivity index (χ2n) is 5.94. The van der Waals surface area contributed by atoms with Crippen LogP contribution >= 0.6 is 11.8 Å². The van der Waals surface area contributed by atoms with Gasteiger partial charge in [-0.3, -0.25) is 0 Å². The lowest BCUT2D eigenvalue weighted by Crippen LogP contribution is -2.05. The Morgan fingerprint density at radius 2 is 1.77 bits per heavy atom. The Kier molecular flexibility index (Phi) is 4.26. The minimum Gasteiger partial charge on any atom is -0.383 e. The van der Waals surface area contributed by atoms with Crippen molar-refractivity contribution in [2.75, 3.05) is 5.73 Å². The molecule has 2 aromatic heterocycles. The van der Waals surface area contributed by atoms with Gasteiger partial charge in [0.25, 0.3) is 0 Å². The van der Waals surface area contributed by atoms with Gasteiger partial charge >= 0.3 is 0 Å². The quantitative estimate of drug-likeness (QED) is 0.557. The van der Waals surface area contributed by atoms with Gasteiger partial charge in [-0.2, -0.15) is 4.68 Å². The molecule has 8 heteroatoms. The van der Waals surface area contributed by atoms with Gasteiger partial charge in [-0.1, -0.05) is 42.1 Å². The molecule has 0 unspecified atom stereocenters. The first kappa shape index (κ1) is 16.5. The van der Waals surface area contributed by atoms with Crippen LogP contribution in [0.1, 0.15) is 17.0 Å². The lowest BCUT2D eigenvalue weighted by atomic mass is 10.1. The van der Waals surface area contributed by atoms with E-state index in [0.29, 0.717) is 22.6 Å². The summed E-state index contributed by atoms with van der Waals surface area (Å²) < 4.78 is 1.76. The summed E-state index contributed by atoms with van der Waals surface area (Å²) in [6.07, 6.45) is 0. The molecule has 0 aliphatic heterocycles. The van der Waals surface area contributed by atoms with Crippen molar-refractivity contribution in [1.82, 2.24) is 30.2 Å². The van der Waals surface area contributed by atoms with Gasteiger partial charge in [0.1, 0.15) is 11.6 Å². The van der Waals surface area contributed by atoms with Crippen LogP contribution in [0.25, 0.3) is 16.6 Å². The third kappa shape index (κ3) is 2.99. The van der Waals surface area contributed by atoms with Gasteiger partial charge in [-0.15, -0.1) is 5.10 Å². The Morgan fingerprint density at radius 3 is 2.58 bits per heavy atom. The molecular weight excluding hydrogens is 346 g/mol. The van der Waals surface area contributed by atoms with E-state index in [1.54, 1.807) is 4.68 Å². The van der Waals surface area contributed by atoms with E-state index in [9.17, 15) is 0 Å². The first-order valence-corrected chi connectivity index (χ1v) is 9.11. The fourth-order valence-corrected chi connectivity index (χ4v) is 3.63. The van der Waals surface area contributed by atoms with Crippen molar-refractivity contribution in [1.29, 1.82) is 0 Å². The number of nitrogen functional groups attached to an aromatic ring is 1. The molecule has 130 valence electrons. The SMILES string of the molecule is Cc1cccc(C)c1-n1nnnc1SCc1nc(N)c2ccccc2n1. The van der Waals surface area contributed by atoms with Gasteiger partial charge in [0.05, 0.1) is 17.0 Å². The zero-order valence-corrected chi connectivity index (χ0v) is 15.2. The van der Waals surface area contributed by atoms with E-state index in [2.05, 4.69) is 25.5 Å². The average molecular weight is 363 g/mol. The maximum atomic E-state index is 6.06. The van der Waals surface area contributed by atoms with E-state index in [1.807, 2.05) is 56.3 Å². The number of anilines is 1. The Morgan fingerprint density at radius 1 is 1.00 bits per heavy atom.